The Morgan fingerprint density at radius 3 is 2.32 bits per heavy atom. The molecule has 28 heavy (non-hydrogen) atoms. The van der Waals surface area contributed by atoms with Gasteiger partial charge in [0.15, 0.2) is 36.3 Å². The molecule has 8 heteroatoms. The summed E-state index contributed by atoms with van der Waals surface area (Å²) in [5.41, 5.74) is 0.468. The summed E-state index contributed by atoms with van der Waals surface area (Å²) in [6, 6.07) is 10.6. The molecule has 0 radical (unpaired) electrons. The second-order valence-electron chi connectivity index (χ2n) is 5.46. The Morgan fingerprint density at radius 2 is 1.61 bits per heavy atom. The number of anilines is 1. The van der Waals surface area contributed by atoms with E-state index in [1.165, 1.54) is 18.2 Å². The van der Waals surface area contributed by atoms with Crippen LogP contribution < -0.4 is 19.5 Å². The molecule has 0 aliphatic carbocycles. The van der Waals surface area contributed by atoms with Crippen LogP contribution in [0.5, 0.6) is 17.2 Å². The molecule has 2 rings (SSSR count). The van der Waals surface area contributed by atoms with E-state index in [0.717, 1.165) is 0 Å². The lowest BCUT2D eigenvalue weighted by Gasteiger charge is -2.13. The van der Waals surface area contributed by atoms with Crippen LogP contribution in [-0.2, 0) is 14.3 Å². The first-order chi connectivity index (χ1) is 13.5. The quantitative estimate of drug-likeness (QED) is 0.627. The number of benzene rings is 2. The average Bonchev–Trinajstić information content (AvgIpc) is 2.68. The zero-order valence-corrected chi connectivity index (χ0v) is 15.7. The number of esters is 1. The molecule has 150 valence electrons. The third kappa shape index (κ3) is 6.46. The van der Waals surface area contributed by atoms with Crippen LogP contribution in [0.1, 0.15) is 13.8 Å². The van der Waals surface area contributed by atoms with Gasteiger partial charge in [0, 0.05) is 11.8 Å². The number of amides is 1. The standard InChI is InChI=1S/C20H22FNO6/c1-3-25-17-10-9-14(11-18(17)26-4-2)22-19(23)12-28-20(24)13-27-16-8-6-5-7-15(16)21/h5-11H,3-4,12-13H2,1-2H3,(H,22,23). The number of carbonyl (C=O) groups is 2. The maximum atomic E-state index is 13.4. The van der Waals surface area contributed by atoms with E-state index in [9.17, 15) is 14.0 Å². The number of hydrogen-bond acceptors (Lipinski definition) is 6. The Morgan fingerprint density at radius 1 is 0.893 bits per heavy atom. The lowest BCUT2D eigenvalue weighted by atomic mass is 10.2. The van der Waals surface area contributed by atoms with Crippen molar-refractivity contribution >= 4 is 17.6 Å². The predicted octanol–water partition coefficient (Wildman–Crippen LogP) is 3.18. The molecule has 1 N–H and O–H groups in total. The fourth-order valence-corrected chi connectivity index (χ4v) is 2.21. The minimum absolute atomic E-state index is 0.0678. The Bertz CT molecular complexity index is 811. The molecule has 0 spiro atoms. The van der Waals surface area contributed by atoms with Gasteiger partial charge in [0.05, 0.1) is 13.2 Å². The molecule has 0 unspecified atom stereocenters. The average molecular weight is 391 g/mol. The number of hydrogen-bond donors (Lipinski definition) is 1. The summed E-state index contributed by atoms with van der Waals surface area (Å²) < 4.78 is 34.2. The number of ether oxygens (including phenoxy) is 4. The van der Waals surface area contributed by atoms with Crippen LogP contribution in [0.2, 0.25) is 0 Å². The minimum atomic E-state index is -0.792. The highest BCUT2D eigenvalue weighted by Crippen LogP contribution is 2.30. The molecular formula is C20H22FNO6. The van der Waals surface area contributed by atoms with Gasteiger partial charge in [0.25, 0.3) is 5.91 Å². The Labute approximate surface area is 162 Å². The van der Waals surface area contributed by atoms with Crippen molar-refractivity contribution in [2.45, 2.75) is 13.8 Å². The van der Waals surface area contributed by atoms with E-state index in [4.69, 9.17) is 18.9 Å². The smallest absolute Gasteiger partial charge is 0.344 e. The first-order valence-electron chi connectivity index (χ1n) is 8.76. The largest absolute Gasteiger partial charge is 0.490 e. The van der Waals surface area contributed by atoms with Crippen molar-refractivity contribution in [2.24, 2.45) is 0 Å². The van der Waals surface area contributed by atoms with E-state index in [0.29, 0.717) is 30.4 Å². The van der Waals surface area contributed by atoms with Gasteiger partial charge >= 0.3 is 5.97 Å². The lowest BCUT2D eigenvalue weighted by Crippen LogP contribution is -2.23. The van der Waals surface area contributed by atoms with Crippen molar-refractivity contribution in [2.75, 3.05) is 31.7 Å². The summed E-state index contributed by atoms with van der Waals surface area (Å²) in [5, 5.41) is 2.60. The minimum Gasteiger partial charge on any atom is -0.490 e. The van der Waals surface area contributed by atoms with Crippen LogP contribution in [0.25, 0.3) is 0 Å². The van der Waals surface area contributed by atoms with Crippen molar-refractivity contribution in [1.29, 1.82) is 0 Å². The second-order valence-corrected chi connectivity index (χ2v) is 5.46. The van der Waals surface area contributed by atoms with Crippen molar-refractivity contribution in [3.8, 4) is 17.2 Å². The van der Waals surface area contributed by atoms with Gasteiger partial charge in [-0.25, -0.2) is 9.18 Å². The van der Waals surface area contributed by atoms with Gasteiger partial charge in [-0.05, 0) is 38.1 Å². The van der Waals surface area contributed by atoms with Crippen molar-refractivity contribution in [3.05, 3.63) is 48.3 Å². The summed E-state index contributed by atoms with van der Waals surface area (Å²) in [5.74, 6) is -0.919. The number of carbonyl (C=O) groups excluding carboxylic acids is 2. The molecule has 0 fully saturated rings. The molecule has 1 amide bonds. The molecule has 7 nitrogen and oxygen atoms in total. The molecule has 0 aliphatic rings. The predicted molar refractivity (Wildman–Crippen MR) is 100 cm³/mol. The maximum absolute atomic E-state index is 13.4. The number of rotatable bonds is 10. The fourth-order valence-electron chi connectivity index (χ4n) is 2.21. The monoisotopic (exact) mass is 391 g/mol. The van der Waals surface area contributed by atoms with E-state index in [2.05, 4.69) is 5.32 Å². The summed E-state index contributed by atoms with van der Waals surface area (Å²) in [6.07, 6.45) is 0. The highest BCUT2D eigenvalue weighted by Gasteiger charge is 2.12. The topological polar surface area (TPSA) is 83.1 Å². The Kier molecular flexibility index (Phi) is 8.08. The third-order valence-electron chi connectivity index (χ3n) is 3.37. The van der Waals surface area contributed by atoms with Gasteiger partial charge in [0.2, 0.25) is 0 Å². The van der Waals surface area contributed by atoms with Gasteiger partial charge in [0.1, 0.15) is 0 Å². The van der Waals surface area contributed by atoms with Gasteiger partial charge < -0.3 is 24.3 Å². The Hall–Kier alpha value is -3.29. The van der Waals surface area contributed by atoms with E-state index < -0.39 is 30.9 Å². The summed E-state index contributed by atoms with van der Waals surface area (Å²) in [6.45, 7) is 3.61. The number of para-hydroxylation sites is 1. The molecule has 2 aromatic carbocycles. The maximum Gasteiger partial charge on any atom is 0.344 e. The van der Waals surface area contributed by atoms with Crippen molar-refractivity contribution in [1.82, 2.24) is 0 Å². The van der Waals surface area contributed by atoms with Crippen LogP contribution in [0.4, 0.5) is 10.1 Å². The van der Waals surface area contributed by atoms with E-state index in [1.807, 2.05) is 13.8 Å². The van der Waals surface area contributed by atoms with Gasteiger partial charge in [-0.2, -0.15) is 0 Å². The normalized spacial score (nSPS) is 10.1. The SMILES string of the molecule is CCOc1ccc(NC(=O)COC(=O)COc2ccccc2F)cc1OCC. The Balaban J connectivity index is 1.82. The van der Waals surface area contributed by atoms with Gasteiger partial charge in [-0.3, -0.25) is 4.79 Å². The van der Waals surface area contributed by atoms with E-state index in [1.54, 1.807) is 24.3 Å². The lowest BCUT2D eigenvalue weighted by molar-refractivity contribution is -0.149. The van der Waals surface area contributed by atoms with Crippen LogP contribution >= 0.6 is 0 Å². The van der Waals surface area contributed by atoms with Crippen molar-refractivity contribution in [3.63, 3.8) is 0 Å². The first kappa shape index (κ1) is 21.0. The van der Waals surface area contributed by atoms with Crippen LogP contribution in [0.15, 0.2) is 42.5 Å². The molecule has 0 aliphatic heterocycles. The molecule has 0 aromatic heterocycles. The van der Waals surface area contributed by atoms with Crippen LogP contribution in [0.3, 0.4) is 0 Å². The first-order valence-corrected chi connectivity index (χ1v) is 8.76. The molecular weight excluding hydrogens is 369 g/mol. The van der Waals surface area contributed by atoms with Crippen molar-refractivity contribution < 1.29 is 32.9 Å². The zero-order chi connectivity index (χ0) is 20.4. The van der Waals surface area contributed by atoms with E-state index >= 15 is 0 Å². The summed E-state index contributed by atoms with van der Waals surface area (Å²) in [7, 11) is 0. The van der Waals surface area contributed by atoms with Gasteiger partial charge in [-0.1, -0.05) is 12.1 Å². The van der Waals surface area contributed by atoms with Gasteiger partial charge in [-0.15, -0.1) is 0 Å². The van der Waals surface area contributed by atoms with Crippen LogP contribution in [-0.4, -0.2) is 38.3 Å². The third-order valence-corrected chi connectivity index (χ3v) is 3.37. The molecule has 2 aromatic rings. The molecule has 0 saturated heterocycles. The molecule has 0 saturated carbocycles. The highest BCUT2D eigenvalue weighted by atomic mass is 19.1. The van der Waals surface area contributed by atoms with E-state index in [-0.39, 0.29) is 5.75 Å². The summed E-state index contributed by atoms with van der Waals surface area (Å²) in [4.78, 5) is 23.6. The molecule has 0 bridgehead atoms. The molecule has 0 atom stereocenters. The molecule has 0 heterocycles. The second kappa shape index (κ2) is 10.8. The zero-order valence-electron chi connectivity index (χ0n) is 15.7. The number of halogens is 1. The number of nitrogens with one attached hydrogen (secondary N) is 1. The fraction of sp³-hybridized carbons (Fsp3) is 0.300. The summed E-state index contributed by atoms with van der Waals surface area (Å²) >= 11 is 0. The highest BCUT2D eigenvalue weighted by molar-refractivity contribution is 5.93. The van der Waals surface area contributed by atoms with Crippen LogP contribution in [0, 0.1) is 5.82 Å².